The number of carbonyl (C=O) groups excluding carboxylic acids is 1. The van der Waals surface area contributed by atoms with Crippen LogP contribution in [0.1, 0.15) is 33.0 Å². The summed E-state index contributed by atoms with van der Waals surface area (Å²) in [6.45, 7) is 6.08. The molecule has 0 bridgehead atoms. The Morgan fingerprint density at radius 2 is 2.22 bits per heavy atom. The molecule has 1 aromatic rings. The van der Waals surface area contributed by atoms with Crippen molar-refractivity contribution in [2.45, 2.75) is 33.8 Å². The molecule has 5 heteroatoms. The number of hydrogen-bond acceptors (Lipinski definition) is 5. The Morgan fingerprint density at radius 3 is 2.87 bits per heavy atom. The smallest absolute Gasteiger partial charge is 0.331 e. The van der Waals surface area contributed by atoms with Crippen molar-refractivity contribution in [1.82, 2.24) is 0 Å². The molecule has 0 aromatic carbocycles. The molecule has 0 aliphatic heterocycles. The van der Waals surface area contributed by atoms with E-state index in [0.717, 1.165) is 29.9 Å². The summed E-state index contributed by atoms with van der Waals surface area (Å²) in [6, 6.07) is 1.09. The van der Waals surface area contributed by atoms with Crippen LogP contribution < -0.4 is 5.43 Å². The van der Waals surface area contributed by atoms with E-state index in [2.05, 4.69) is 19.9 Å². The number of allylic oxidation sites excluding steroid dienone is 5. The van der Waals surface area contributed by atoms with Crippen molar-refractivity contribution in [3.63, 3.8) is 0 Å². The average Bonchev–Trinajstić information content (AvgIpc) is 2.47. The van der Waals surface area contributed by atoms with Gasteiger partial charge in [-0.1, -0.05) is 32.1 Å². The fraction of sp³-hybridized carbons (Fsp3) is 0.333. The van der Waals surface area contributed by atoms with Crippen LogP contribution in [0.2, 0.25) is 0 Å². The maximum Gasteiger partial charge on any atom is 0.331 e. The zero-order valence-corrected chi connectivity index (χ0v) is 13.5. The van der Waals surface area contributed by atoms with Crippen LogP contribution in [0, 0.1) is 5.41 Å². The van der Waals surface area contributed by atoms with Crippen LogP contribution in [0.25, 0.3) is 0 Å². The Labute approximate surface area is 134 Å². The molecule has 23 heavy (non-hydrogen) atoms. The standard InChI is InChI=1S/C18H20O5/c1-12-5-4-8-18(2,3)14(12)6-7-17(21)23-10-13-9-15(19)16(20)11-22-13/h4-7,9,11,20H,8,10H2,1-3H3. The molecule has 1 aliphatic rings. The lowest BCUT2D eigenvalue weighted by Gasteiger charge is -2.29. The third-order valence-corrected chi connectivity index (χ3v) is 3.76. The van der Waals surface area contributed by atoms with E-state index >= 15 is 0 Å². The number of ether oxygens (including phenoxy) is 1. The number of rotatable bonds is 4. The quantitative estimate of drug-likeness (QED) is 0.681. The molecule has 0 fully saturated rings. The van der Waals surface area contributed by atoms with Gasteiger partial charge in [0.1, 0.15) is 18.6 Å². The summed E-state index contributed by atoms with van der Waals surface area (Å²) in [7, 11) is 0. The SMILES string of the molecule is CC1=C(C=CC(=O)OCc2cc(=O)c(O)co2)C(C)(C)CC=C1. The molecule has 1 N–H and O–H groups in total. The molecule has 1 heterocycles. The number of hydrogen-bond donors (Lipinski definition) is 1. The predicted molar refractivity (Wildman–Crippen MR) is 85.8 cm³/mol. The molecule has 0 atom stereocenters. The topological polar surface area (TPSA) is 76.7 Å². The molecule has 1 aromatic heterocycles. The van der Waals surface area contributed by atoms with E-state index in [1.807, 2.05) is 13.0 Å². The van der Waals surface area contributed by atoms with Gasteiger partial charge in [-0.15, -0.1) is 0 Å². The van der Waals surface area contributed by atoms with Crippen LogP contribution in [0.15, 0.2) is 57.0 Å². The van der Waals surface area contributed by atoms with Gasteiger partial charge >= 0.3 is 5.97 Å². The maximum absolute atomic E-state index is 11.8. The van der Waals surface area contributed by atoms with Crippen LogP contribution in [-0.2, 0) is 16.1 Å². The van der Waals surface area contributed by atoms with Crippen molar-refractivity contribution in [2.75, 3.05) is 0 Å². The molecule has 0 saturated carbocycles. The molecule has 5 nitrogen and oxygen atoms in total. The van der Waals surface area contributed by atoms with Crippen molar-refractivity contribution in [2.24, 2.45) is 5.41 Å². The predicted octanol–water partition coefficient (Wildman–Crippen LogP) is 3.25. The molecule has 0 spiro atoms. The zero-order valence-electron chi connectivity index (χ0n) is 13.5. The number of aromatic hydroxyl groups is 1. The van der Waals surface area contributed by atoms with Gasteiger partial charge in [-0.05, 0) is 29.9 Å². The van der Waals surface area contributed by atoms with E-state index in [9.17, 15) is 9.59 Å². The lowest BCUT2D eigenvalue weighted by atomic mass is 9.75. The summed E-state index contributed by atoms with van der Waals surface area (Å²) >= 11 is 0. The maximum atomic E-state index is 11.8. The Hall–Kier alpha value is -2.56. The lowest BCUT2D eigenvalue weighted by molar-refractivity contribution is -0.139. The van der Waals surface area contributed by atoms with Gasteiger partial charge in [-0.3, -0.25) is 4.79 Å². The van der Waals surface area contributed by atoms with Crippen LogP contribution >= 0.6 is 0 Å². The van der Waals surface area contributed by atoms with Crippen molar-refractivity contribution >= 4 is 5.97 Å². The van der Waals surface area contributed by atoms with Crippen molar-refractivity contribution in [3.05, 3.63) is 63.8 Å². The van der Waals surface area contributed by atoms with E-state index in [1.165, 1.54) is 6.08 Å². The highest BCUT2D eigenvalue weighted by molar-refractivity contribution is 5.82. The molecule has 0 amide bonds. The van der Waals surface area contributed by atoms with Gasteiger partial charge in [0.25, 0.3) is 0 Å². The third-order valence-electron chi connectivity index (χ3n) is 3.76. The summed E-state index contributed by atoms with van der Waals surface area (Å²) in [4.78, 5) is 23.1. The van der Waals surface area contributed by atoms with Crippen LogP contribution in [-0.4, -0.2) is 11.1 Å². The van der Waals surface area contributed by atoms with E-state index in [-0.39, 0.29) is 17.8 Å². The van der Waals surface area contributed by atoms with E-state index in [4.69, 9.17) is 14.3 Å². The molecule has 122 valence electrons. The zero-order chi connectivity index (χ0) is 17.0. The third kappa shape index (κ3) is 4.22. The van der Waals surface area contributed by atoms with E-state index in [0.29, 0.717) is 0 Å². The summed E-state index contributed by atoms with van der Waals surface area (Å²) < 4.78 is 10.0. The first-order valence-electron chi connectivity index (χ1n) is 7.33. The first-order valence-corrected chi connectivity index (χ1v) is 7.33. The van der Waals surface area contributed by atoms with Gasteiger partial charge in [-0.2, -0.15) is 0 Å². The fourth-order valence-corrected chi connectivity index (χ4v) is 2.48. The minimum atomic E-state index is -0.575. The van der Waals surface area contributed by atoms with Gasteiger partial charge in [0.15, 0.2) is 5.75 Å². The highest BCUT2D eigenvalue weighted by Gasteiger charge is 2.24. The second-order valence-electron chi connectivity index (χ2n) is 6.12. The first kappa shape index (κ1) is 16.8. The average molecular weight is 316 g/mol. The Morgan fingerprint density at radius 1 is 1.48 bits per heavy atom. The van der Waals surface area contributed by atoms with Crippen LogP contribution in [0.4, 0.5) is 0 Å². The fourth-order valence-electron chi connectivity index (χ4n) is 2.48. The highest BCUT2D eigenvalue weighted by atomic mass is 16.5. The minimum absolute atomic E-state index is 0.0284. The molecular formula is C18H20O5. The normalized spacial score (nSPS) is 16.8. The second kappa shape index (κ2) is 6.69. The van der Waals surface area contributed by atoms with E-state index < -0.39 is 17.1 Å². The summed E-state index contributed by atoms with van der Waals surface area (Å²) in [5.41, 5.74) is 1.61. The molecule has 1 aliphatic carbocycles. The molecule has 0 radical (unpaired) electrons. The van der Waals surface area contributed by atoms with Crippen molar-refractivity contribution in [3.8, 4) is 5.75 Å². The van der Waals surface area contributed by atoms with Crippen molar-refractivity contribution < 1.29 is 19.1 Å². The van der Waals surface area contributed by atoms with Gasteiger partial charge in [0.2, 0.25) is 5.43 Å². The number of carbonyl (C=O) groups is 1. The second-order valence-corrected chi connectivity index (χ2v) is 6.12. The lowest BCUT2D eigenvalue weighted by Crippen LogP contribution is -2.16. The first-order chi connectivity index (χ1) is 10.8. The molecule has 2 rings (SSSR count). The van der Waals surface area contributed by atoms with Gasteiger partial charge in [-0.25, -0.2) is 4.79 Å². The summed E-state index contributed by atoms with van der Waals surface area (Å²) in [5, 5.41) is 9.09. The summed E-state index contributed by atoms with van der Waals surface area (Å²) in [5.74, 6) is -0.827. The van der Waals surface area contributed by atoms with E-state index in [1.54, 1.807) is 6.08 Å². The summed E-state index contributed by atoms with van der Waals surface area (Å²) in [6.07, 6.45) is 9.15. The Kier molecular flexibility index (Phi) is 4.89. The Balaban J connectivity index is 2.00. The Bertz CT molecular complexity index is 747. The number of esters is 1. The monoisotopic (exact) mass is 316 g/mol. The molecule has 0 saturated heterocycles. The molecular weight excluding hydrogens is 296 g/mol. The molecule has 0 unspecified atom stereocenters. The van der Waals surface area contributed by atoms with Gasteiger partial charge in [0.05, 0.1) is 0 Å². The highest BCUT2D eigenvalue weighted by Crippen LogP contribution is 2.37. The van der Waals surface area contributed by atoms with Gasteiger partial charge in [0, 0.05) is 12.1 Å². The van der Waals surface area contributed by atoms with Crippen LogP contribution in [0.3, 0.4) is 0 Å². The largest absolute Gasteiger partial charge is 0.502 e. The van der Waals surface area contributed by atoms with Gasteiger partial charge < -0.3 is 14.3 Å². The van der Waals surface area contributed by atoms with Crippen molar-refractivity contribution in [1.29, 1.82) is 0 Å². The minimum Gasteiger partial charge on any atom is -0.502 e. The van der Waals surface area contributed by atoms with Crippen LogP contribution in [0.5, 0.6) is 5.75 Å².